The molecule has 5 nitrogen and oxygen atoms in total. The minimum Gasteiger partial charge on any atom is -0.383 e. The molecule has 100 valence electrons. The number of methoxy groups -OCH3 is 1. The molecule has 1 aliphatic rings. The van der Waals surface area contributed by atoms with E-state index >= 15 is 0 Å². The van der Waals surface area contributed by atoms with Crippen molar-refractivity contribution in [3.8, 4) is 0 Å². The molecule has 1 heterocycles. The predicted molar refractivity (Wildman–Crippen MR) is 68.0 cm³/mol. The molecule has 1 N–H and O–H groups in total. The third kappa shape index (κ3) is 5.02. The second kappa shape index (κ2) is 7.63. The number of hydrogen-bond donors (Lipinski definition) is 1. The Kier molecular flexibility index (Phi) is 6.47. The highest BCUT2D eigenvalue weighted by Gasteiger charge is 2.19. The lowest BCUT2D eigenvalue weighted by Gasteiger charge is -2.27. The van der Waals surface area contributed by atoms with Gasteiger partial charge in [0.05, 0.1) is 19.2 Å². The van der Waals surface area contributed by atoms with Gasteiger partial charge in [0, 0.05) is 27.2 Å². The van der Waals surface area contributed by atoms with E-state index in [9.17, 15) is 4.79 Å². The van der Waals surface area contributed by atoms with Gasteiger partial charge in [0.1, 0.15) is 0 Å². The summed E-state index contributed by atoms with van der Waals surface area (Å²) in [6.07, 6.45) is 1.12. The number of carbonyl (C=O) groups is 1. The van der Waals surface area contributed by atoms with E-state index in [2.05, 4.69) is 10.2 Å². The van der Waals surface area contributed by atoms with Gasteiger partial charge in [-0.15, -0.1) is 0 Å². The summed E-state index contributed by atoms with van der Waals surface area (Å²) in [6, 6.07) is 0.137. The second-order valence-electron chi connectivity index (χ2n) is 4.69. The van der Waals surface area contributed by atoms with Crippen LogP contribution in [0.25, 0.3) is 0 Å². The van der Waals surface area contributed by atoms with Crippen molar-refractivity contribution >= 4 is 5.91 Å². The van der Waals surface area contributed by atoms with E-state index in [0.717, 1.165) is 32.6 Å². The number of likely N-dealkylation sites (N-methyl/N-ethyl adjacent to an activating group) is 1. The molecule has 0 aromatic rings. The van der Waals surface area contributed by atoms with Gasteiger partial charge in [-0.05, 0) is 26.4 Å². The molecule has 1 unspecified atom stereocenters. The third-order valence-electron chi connectivity index (χ3n) is 3.25. The van der Waals surface area contributed by atoms with Crippen molar-refractivity contribution in [1.29, 1.82) is 0 Å². The maximum atomic E-state index is 12.0. The van der Waals surface area contributed by atoms with E-state index in [1.807, 2.05) is 14.0 Å². The summed E-state index contributed by atoms with van der Waals surface area (Å²) in [4.78, 5) is 16.0. The van der Waals surface area contributed by atoms with Crippen LogP contribution in [-0.2, 0) is 9.53 Å². The lowest BCUT2D eigenvalue weighted by molar-refractivity contribution is -0.133. The molecule has 0 spiro atoms. The predicted octanol–water partition coefficient (Wildman–Crippen LogP) is -0.225. The van der Waals surface area contributed by atoms with Crippen LogP contribution in [0.2, 0.25) is 0 Å². The summed E-state index contributed by atoms with van der Waals surface area (Å²) >= 11 is 0. The summed E-state index contributed by atoms with van der Waals surface area (Å²) in [7, 11) is 3.51. The standard InChI is InChI=1S/C12H25N3O2/c1-11(10-17-3)14(2)12(16)9-15-7-4-5-13-6-8-15/h11,13H,4-10H2,1-3H3. The third-order valence-corrected chi connectivity index (χ3v) is 3.25. The molecule has 17 heavy (non-hydrogen) atoms. The van der Waals surface area contributed by atoms with E-state index in [1.165, 1.54) is 0 Å². The van der Waals surface area contributed by atoms with Gasteiger partial charge in [-0.3, -0.25) is 9.69 Å². The number of nitrogens with zero attached hydrogens (tertiary/aromatic N) is 2. The number of carbonyl (C=O) groups excluding carboxylic acids is 1. The molecule has 0 aliphatic carbocycles. The van der Waals surface area contributed by atoms with Gasteiger partial charge in [0.15, 0.2) is 0 Å². The van der Waals surface area contributed by atoms with Crippen LogP contribution < -0.4 is 5.32 Å². The van der Waals surface area contributed by atoms with E-state index in [0.29, 0.717) is 13.2 Å². The van der Waals surface area contributed by atoms with Gasteiger partial charge < -0.3 is 15.0 Å². The molecule has 0 saturated carbocycles. The van der Waals surface area contributed by atoms with Crippen molar-refractivity contribution in [2.75, 3.05) is 53.5 Å². The first-order chi connectivity index (χ1) is 8.15. The molecule has 1 saturated heterocycles. The Labute approximate surface area is 104 Å². The summed E-state index contributed by atoms with van der Waals surface area (Å²) in [5.41, 5.74) is 0. The topological polar surface area (TPSA) is 44.8 Å². The number of nitrogens with one attached hydrogen (secondary N) is 1. The molecule has 1 fully saturated rings. The van der Waals surface area contributed by atoms with Gasteiger partial charge in [-0.2, -0.15) is 0 Å². The summed E-state index contributed by atoms with van der Waals surface area (Å²) in [6.45, 7) is 7.11. The van der Waals surface area contributed by atoms with Crippen LogP contribution in [0.3, 0.4) is 0 Å². The van der Waals surface area contributed by atoms with Crippen molar-refractivity contribution in [3.63, 3.8) is 0 Å². The smallest absolute Gasteiger partial charge is 0.236 e. The summed E-state index contributed by atoms with van der Waals surface area (Å²) in [5.74, 6) is 0.177. The summed E-state index contributed by atoms with van der Waals surface area (Å²) in [5, 5.41) is 3.34. The highest BCUT2D eigenvalue weighted by Crippen LogP contribution is 2.01. The number of ether oxygens (including phenoxy) is 1. The fraction of sp³-hybridized carbons (Fsp3) is 0.917. The fourth-order valence-corrected chi connectivity index (χ4v) is 1.96. The molecule has 0 radical (unpaired) electrons. The first kappa shape index (κ1) is 14.4. The van der Waals surface area contributed by atoms with Crippen molar-refractivity contribution in [2.24, 2.45) is 0 Å². The minimum absolute atomic E-state index is 0.137. The van der Waals surface area contributed by atoms with Crippen molar-refractivity contribution in [2.45, 2.75) is 19.4 Å². The largest absolute Gasteiger partial charge is 0.383 e. The first-order valence-electron chi connectivity index (χ1n) is 6.33. The molecular formula is C12H25N3O2. The SMILES string of the molecule is COCC(C)N(C)C(=O)CN1CCCNCC1. The van der Waals surface area contributed by atoms with Gasteiger partial charge in [0.25, 0.3) is 0 Å². The van der Waals surface area contributed by atoms with Crippen LogP contribution in [0.5, 0.6) is 0 Å². The van der Waals surface area contributed by atoms with Crippen LogP contribution in [0.4, 0.5) is 0 Å². The number of rotatable bonds is 5. The zero-order chi connectivity index (χ0) is 12.7. The number of amides is 1. The first-order valence-corrected chi connectivity index (χ1v) is 6.33. The molecule has 1 atom stereocenters. The van der Waals surface area contributed by atoms with Gasteiger partial charge in [0.2, 0.25) is 5.91 Å². The fourth-order valence-electron chi connectivity index (χ4n) is 1.96. The molecule has 1 amide bonds. The minimum atomic E-state index is 0.137. The van der Waals surface area contributed by atoms with Crippen LogP contribution in [0.1, 0.15) is 13.3 Å². The van der Waals surface area contributed by atoms with Gasteiger partial charge in [-0.25, -0.2) is 0 Å². The number of hydrogen-bond acceptors (Lipinski definition) is 4. The van der Waals surface area contributed by atoms with Crippen molar-refractivity contribution in [1.82, 2.24) is 15.1 Å². The Morgan fingerprint density at radius 1 is 1.47 bits per heavy atom. The maximum Gasteiger partial charge on any atom is 0.236 e. The van der Waals surface area contributed by atoms with Crippen LogP contribution >= 0.6 is 0 Å². The zero-order valence-electron chi connectivity index (χ0n) is 11.2. The highest BCUT2D eigenvalue weighted by molar-refractivity contribution is 5.78. The van der Waals surface area contributed by atoms with E-state index in [-0.39, 0.29) is 11.9 Å². The van der Waals surface area contributed by atoms with E-state index < -0.39 is 0 Å². The molecule has 0 aromatic heterocycles. The Balaban J connectivity index is 2.35. The van der Waals surface area contributed by atoms with Crippen molar-refractivity contribution in [3.05, 3.63) is 0 Å². The Morgan fingerprint density at radius 3 is 2.94 bits per heavy atom. The summed E-state index contributed by atoms with van der Waals surface area (Å²) < 4.78 is 5.07. The Morgan fingerprint density at radius 2 is 2.24 bits per heavy atom. The second-order valence-corrected chi connectivity index (χ2v) is 4.69. The Hall–Kier alpha value is -0.650. The van der Waals surface area contributed by atoms with Crippen LogP contribution in [0, 0.1) is 0 Å². The monoisotopic (exact) mass is 243 g/mol. The van der Waals surface area contributed by atoms with E-state index in [4.69, 9.17) is 4.74 Å². The lowest BCUT2D eigenvalue weighted by atomic mass is 10.3. The molecule has 1 aliphatic heterocycles. The lowest BCUT2D eigenvalue weighted by Crippen LogP contribution is -2.44. The van der Waals surface area contributed by atoms with Crippen LogP contribution in [-0.4, -0.2) is 75.2 Å². The quantitative estimate of drug-likeness (QED) is 0.725. The molecule has 0 aromatic carbocycles. The van der Waals surface area contributed by atoms with Gasteiger partial charge >= 0.3 is 0 Å². The molecule has 0 bridgehead atoms. The highest BCUT2D eigenvalue weighted by atomic mass is 16.5. The molecular weight excluding hydrogens is 218 g/mol. The molecule has 1 rings (SSSR count). The average molecular weight is 243 g/mol. The zero-order valence-corrected chi connectivity index (χ0v) is 11.2. The molecule has 5 heteroatoms. The van der Waals surface area contributed by atoms with Crippen LogP contribution in [0.15, 0.2) is 0 Å². The maximum absolute atomic E-state index is 12.0. The normalized spacial score (nSPS) is 19.7. The van der Waals surface area contributed by atoms with Crippen molar-refractivity contribution < 1.29 is 9.53 Å². The van der Waals surface area contributed by atoms with E-state index in [1.54, 1.807) is 12.0 Å². The van der Waals surface area contributed by atoms with Gasteiger partial charge in [-0.1, -0.05) is 0 Å². The Bertz CT molecular complexity index is 228. The average Bonchev–Trinajstić information content (AvgIpc) is 2.57.